The zero-order chi connectivity index (χ0) is 21.8. The second-order valence-electron chi connectivity index (χ2n) is 7.58. The Hall–Kier alpha value is -2.91. The van der Waals surface area contributed by atoms with Gasteiger partial charge in [-0.3, -0.25) is 9.59 Å². The molecule has 0 bridgehead atoms. The first-order chi connectivity index (χ1) is 14.0. The van der Waals surface area contributed by atoms with Crippen molar-refractivity contribution in [2.24, 2.45) is 5.73 Å². The minimum absolute atomic E-state index is 0.0510. The van der Waals surface area contributed by atoms with Crippen LogP contribution in [0, 0.1) is 6.92 Å². The zero-order valence-electron chi connectivity index (χ0n) is 16.0. The number of nitrogens with zero attached hydrogens (tertiary/aromatic N) is 1. The Morgan fingerprint density at radius 2 is 1.90 bits per heavy atom. The highest BCUT2D eigenvalue weighted by atomic mass is 19.4. The highest BCUT2D eigenvalue weighted by molar-refractivity contribution is 5.97. The van der Waals surface area contributed by atoms with Crippen molar-refractivity contribution in [2.45, 2.75) is 24.8 Å². The van der Waals surface area contributed by atoms with Gasteiger partial charge in [0.15, 0.2) is 0 Å². The van der Waals surface area contributed by atoms with E-state index in [2.05, 4.69) is 0 Å². The number of nitrogens with two attached hydrogens (primary N) is 1. The molecule has 1 saturated heterocycles. The molecular formula is C21H19F3N2O4. The van der Waals surface area contributed by atoms with E-state index < -0.39 is 23.6 Å². The Morgan fingerprint density at radius 1 is 1.23 bits per heavy atom. The van der Waals surface area contributed by atoms with Crippen LogP contribution in [0.2, 0.25) is 0 Å². The molecule has 2 amide bonds. The maximum absolute atomic E-state index is 14.0. The van der Waals surface area contributed by atoms with Gasteiger partial charge >= 0.3 is 6.18 Å². The van der Waals surface area contributed by atoms with E-state index in [4.69, 9.17) is 10.5 Å². The maximum atomic E-state index is 14.0. The van der Waals surface area contributed by atoms with Crippen LogP contribution in [0.3, 0.4) is 0 Å². The number of benzene rings is 2. The van der Waals surface area contributed by atoms with Gasteiger partial charge in [0.25, 0.3) is 5.91 Å². The van der Waals surface area contributed by atoms with Crippen molar-refractivity contribution in [3.05, 3.63) is 58.7 Å². The van der Waals surface area contributed by atoms with E-state index in [0.717, 1.165) is 6.07 Å². The fourth-order valence-electron chi connectivity index (χ4n) is 4.11. The first-order valence-electron chi connectivity index (χ1n) is 9.27. The van der Waals surface area contributed by atoms with Gasteiger partial charge in [-0.15, -0.1) is 0 Å². The third kappa shape index (κ3) is 2.96. The monoisotopic (exact) mass is 420 g/mol. The topological polar surface area (TPSA) is 92.9 Å². The lowest BCUT2D eigenvalue weighted by molar-refractivity contribution is -0.246. The Kier molecular flexibility index (Phi) is 4.63. The van der Waals surface area contributed by atoms with E-state index in [9.17, 15) is 27.9 Å². The van der Waals surface area contributed by atoms with Crippen LogP contribution in [0.5, 0.6) is 0 Å². The minimum Gasteiger partial charge on any atom is -0.372 e. The van der Waals surface area contributed by atoms with Gasteiger partial charge in [0.2, 0.25) is 11.5 Å². The van der Waals surface area contributed by atoms with E-state index in [1.165, 1.54) is 29.2 Å². The molecule has 2 aliphatic rings. The lowest BCUT2D eigenvalue weighted by Gasteiger charge is -2.39. The number of primary amides is 1. The standard InChI is InChI=1S/C21H19F3N2O4/c1-11-6-12(19(28)26-8-13(9-26)30-10-17(25)27)7-16-18(11)14-4-2-3-5-15(14)20(16,29)21(22,23)24/h2-7,13,29H,8-10H2,1H3,(H2,25,27). The predicted molar refractivity (Wildman–Crippen MR) is 101 cm³/mol. The molecule has 4 rings (SSSR count). The SMILES string of the molecule is Cc1cc(C(=O)N2CC(OCC(N)=O)C2)cc2c1-c1ccccc1C2(O)C(F)(F)F. The number of carbonyl (C=O) groups is 2. The largest absolute Gasteiger partial charge is 0.425 e. The van der Waals surface area contributed by atoms with Gasteiger partial charge in [0.05, 0.1) is 6.10 Å². The Balaban J connectivity index is 1.69. The highest BCUT2D eigenvalue weighted by Crippen LogP contribution is 2.56. The number of hydrogen-bond acceptors (Lipinski definition) is 4. The number of ether oxygens (including phenoxy) is 1. The summed E-state index contributed by atoms with van der Waals surface area (Å²) in [6, 6.07) is 8.47. The third-order valence-electron chi connectivity index (χ3n) is 5.57. The van der Waals surface area contributed by atoms with Crippen LogP contribution in [-0.2, 0) is 15.1 Å². The molecular weight excluding hydrogens is 401 g/mol. The number of aliphatic hydroxyl groups is 1. The molecule has 1 aliphatic heterocycles. The van der Waals surface area contributed by atoms with E-state index in [-0.39, 0.29) is 48.1 Å². The molecule has 2 aromatic carbocycles. The Bertz CT molecular complexity index is 1050. The van der Waals surface area contributed by atoms with Crippen molar-refractivity contribution < 1.29 is 32.6 Å². The third-order valence-corrected chi connectivity index (χ3v) is 5.57. The first kappa shape index (κ1) is 20.4. The Labute approximate surface area is 170 Å². The number of aryl methyl sites for hydroxylation is 1. The van der Waals surface area contributed by atoms with E-state index in [1.54, 1.807) is 13.0 Å². The Morgan fingerprint density at radius 3 is 2.53 bits per heavy atom. The van der Waals surface area contributed by atoms with Gasteiger partial charge in [-0.05, 0) is 35.7 Å². The normalized spacial score (nSPS) is 20.5. The van der Waals surface area contributed by atoms with Crippen LogP contribution < -0.4 is 5.73 Å². The van der Waals surface area contributed by atoms with Crippen molar-refractivity contribution in [1.29, 1.82) is 0 Å². The highest BCUT2D eigenvalue weighted by Gasteiger charge is 2.61. The quantitative estimate of drug-likeness (QED) is 0.792. The summed E-state index contributed by atoms with van der Waals surface area (Å²) in [5, 5.41) is 10.8. The number of amides is 2. The summed E-state index contributed by atoms with van der Waals surface area (Å²) in [6.07, 6.45) is -5.32. The number of fused-ring (bicyclic) bond motifs is 3. The number of carbonyl (C=O) groups excluding carboxylic acids is 2. The average Bonchev–Trinajstić information content (AvgIpc) is 2.90. The summed E-state index contributed by atoms with van der Waals surface area (Å²) in [7, 11) is 0. The van der Waals surface area contributed by atoms with Crippen LogP contribution in [0.4, 0.5) is 13.2 Å². The smallest absolute Gasteiger partial charge is 0.372 e. The number of likely N-dealkylation sites (tertiary alicyclic amines) is 1. The molecule has 3 N–H and O–H groups in total. The van der Waals surface area contributed by atoms with E-state index in [0.29, 0.717) is 11.1 Å². The molecule has 1 unspecified atom stereocenters. The van der Waals surface area contributed by atoms with Crippen molar-refractivity contribution in [2.75, 3.05) is 19.7 Å². The van der Waals surface area contributed by atoms with Crippen molar-refractivity contribution >= 4 is 11.8 Å². The maximum Gasteiger partial charge on any atom is 0.425 e. The average molecular weight is 420 g/mol. The number of alkyl halides is 3. The van der Waals surface area contributed by atoms with Crippen LogP contribution in [0.1, 0.15) is 27.0 Å². The summed E-state index contributed by atoms with van der Waals surface area (Å²) in [4.78, 5) is 25.0. The predicted octanol–water partition coefficient (Wildman–Crippen LogP) is 2.10. The zero-order valence-corrected chi connectivity index (χ0v) is 16.0. The van der Waals surface area contributed by atoms with Crippen LogP contribution in [0.25, 0.3) is 11.1 Å². The molecule has 0 aromatic heterocycles. The molecule has 1 atom stereocenters. The summed E-state index contributed by atoms with van der Waals surface area (Å²) >= 11 is 0. The minimum atomic E-state index is -4.97. The fourth-order valence-corrected chi connectivity index (χ4v) is 4.11. The fraction of sp³-hybridized carbons (Fsp3) is 0.333. The number of hydrogen-bond donors (Lipinski definition) is 2. The molecule has 6 nitrogen and oxygen atoms in total. The second-order valence-corrected chi connectivity index (χ2v) is 7.58. The molecule has 158 valence electrons. The molecule has 1 heterocycles. The van der Waals surface area contributed by atoms with E-state index >= 15 is 0 Å². The number of halogens is 3. The van der Waals surface area contributed by atoms with Crippen molar-refractivity contribution in [1.82, 2.24) is 4.90 Å². The lowest BCUT2D eigenvalue weighted by atomic mass is 9.88. The van der Waals surface area contributed by atoms with Crippen LogP contribution >= 0.6 is 0 Å². The molecule has 30 heavy (non-hydrogen) atoms. The molecule has 0 spiro atoms. The van der Waals surface area contributed by atoms with Crippen LogP contribution in [-0.4, -0.2) is 53.8 Å². The second kappa shape index (κ2) is 6.82. The van der Waals surface area contributed by atoms with Crippen LogP contribution in [0.15, 0.2) is 36.4 Å². The molecule has 1 fully saturated rings. The summed E-state index contributed by atoms with van der Waals surface area (Å²) < 4.78 is 47.2. The lowest BCUT2D eigenvalue weighted by Crippen LogP contribution is -2.55. The molecule has 2 aromatic rings. The van der Waals surface area contributed by atoms with Gasteiger partial charge in [0.1, 0.15) is 6.61 Å². The molecule has 1 aliphatic carbocycles. The van der Waals surface area contributed by atoms with Gasteiger partial charge < -0.3 is 20.5 Å². The molecule has 0 radical (unpaired) electrons. The first-order valence-corrected chi connectivity index (χ1v) is 9.27. The van der Waals surface area contributed by atoms with E-state index in [1.807, 2.05) is 0 Å². The van der Waals surface area contributed by atoms with Crippen molar-refractivity contribution in [3.63, 3.8) is 0 Å². The molecule has 0 saturated carbocycles. The van der Waals surface area contributed by atoms with Gasteiger partial charge in [-0.2, -0.15) is 13.2 Å². The van der Waals surface area contributed by atoms with Gasteiger partial charge in [-0.1, -0.05) is 24.3 Å². The summed E-state index contributed by atoms with van der Waals surface area (Å²) in [5.74, 6) is -1.10. The molecule has 9 heteroatoms. The summed E-state index contributed by atoms with van der Waals surface area (Å²) in [5.41, 5.74) is 2.32. The van der Waals surface area contributed by atoms with Gasteiger partial charge in [0, 0.05) is 29.8 Å². The van der Waals surface area contributed by atoms with Crippen molar-refractivity contribution in [3.8, 4) is 11.1 Å². The number of rotatable bonds is 4. The summed E-state index contributed by atoms with van der Waals surface area (Å²) in [6.45, 7) is 1.75. The van der Waals surface area contributed by atoms with Gasteiger partial charge in [-0.25, -0.2) is 0 Å².